The van der Waals surface area contributed by atoms with Crippen molar-refractivity contribution in [3.63, 3.8) is 0 Å². The van der Waals surface area contributed by atoms with E-state index in [-0.39, 0.29) is 0 Å². The second kappa shape index (κ2) is 8.10. The van der Waals surface area contributed by atoms with Gasteiger partial charge in [0, 0.05) is 31.5 Å². The summed E-state index contributed by atoms with van der Waals surface area (Å²) in [7, 11) is 0. The van der Waals surface area contributed by atoms with Crippen LogP contribution in [0, 0.1) is 0 Å². The van der Waals surface area contributed by atoms with Crippen LogP contribution in [-0.2, 0) is 17.8 Å². The molecule has 0 N–H and O–H groups in total. The van der Waals surface area contributed by atoms with Crippen LogP contribution in [0.25, 0.3) is 0 Å². The van der Waals surface area contributed by atoms with Gasteiger partial charge in [-0.25, -0.2) is 0 Å². The number of nitrogens with zero attached hydrogens (tertiary/aromatic N) is 4. The molecule has 0 unspecified atom stereocenters. The fourth-order valence-electron chi connectivity index (χ4n) is 4.15. The quantitative estimate of drug-likeness (QED) is 0.767. The molecule has 0 radical (unpaired) electrons. The summed E-state index contributed by atoms with van der Waals surface area (Å²) in [5.41, 5.74) is 0. The highest BCUT2D eigenvalue weighted by Crippen LogP contribution is 2.31. The molecule has 1 aromatic heterocycles. The molecule has 134 valence electrons. The number of hydrogen-bond donors (Lipinski definition) is 0. The molecule has 0 bridgehead atoms. The first kappa shape index (κ1) is 17.4. The van der Waals surface area contributed by atoms with Gasteiger partial charge in [0.2, 0.25) is 11.8 Å². The maximum absolute atomic E-state index is 12.2. The first-order chi connectivity index (χ1) is 11.7. The normalized spacial score (nSPS) is 24.8. The summed E-state index contributed by atoms with van der Waals surface area (Å²) in [5.74, 6) is 1.84. The Bertz CT molecular complexity index is 545. The minimum absolute atomic E-state index is 0.297. The monoisotopic (exact) mass is 334 g/mol. The Labute approximate surface area is 144 Å². The third-order valence-electron chi connectivity index (χ3n) is 5.38. The zero-order valence-electron chi connectivity index (χ0n) is 15.0. The van der Waals surface area contributed by atoms with E-state index in [1.165, 1.54) is 12.8 Å². The van der Waals surface area contributed by atoms with E-state index in [1.54, 1.807) is 0 Å². The van der Waals surface area contributed by atoms with E-state index in [1.807, 2.05) is 6.92 Å². The van der Waals surface area contributed by atoms with Gasteiger partial charge >= 0.3 is 0 Å². The van der Waals surface area contributed by atoms with Crippen molar-refractivity contribution < 1.29 is 9.32 Å². The number of amides is 1. The molecule has 0 spiro atoms. The van der Waals surface area contributed by atoms with Gasteiger partial charge in [0.25, 0.3) is 0 Å². The lowest BCUT2D eigenvalue weighted by Gasteiger charge is -2.34. The average molecular weight is 334 g/mol. The van der Waals surface area contributed by atoms with E-state index in [2.05, 4.69) is 26.9 Å². The Morgan fingerprint density at radius 3 is 2.79 bits per heavy atom. The number of rotatable bonds is 7. The molecule has 2 aliphatic rings. The van der Waals surface area contributed by atoms with E-state index in [0.717, 1.165) is 63.5 Å². The van der Waals surface area contributed by atoms with Crippen LogP contribution in [0.3, 0.4) is 0 Å². The van der Waals surface area contributed by atoms with Crippen molar-refractivity contribution in [2.75, 3.05) is 13.1 Å². The molecule has 6 heteroatoms. The third-order valence-corrected chi connectivity index (χ3v) is 5.38. The zero-order valence-corrected chi connectivity index (χ0v) is 15.0. The fraction of sp³-hybridized carbons (Fsp3) is 0.833. The lowest BCUT2D eigenvalue weighted by atomic mass is 10.0. The number of carbonyl (C=O) groups is 1. The van der Waals surface area contributed by atoms with Crippen LogP contribution >= 0.6 is 0 Å². The third kappa shape index (κ3) is 3.79. The minimum Gasteiger partial charge on any atom is -0.339 e. The largest absolute Gasteiger partial charge is 0.339 e. The van der Waals surface area contributed by atoms with Crippen molar-refractivity contribution >= 4 is 5.91 Å². The van der Waals surface area contributed by atoms with Crippen molar-refractivity contribution in [2.24, 2.45) is 0 Å². The number of hydrogen-bond acceptors (Lipinski definition) is 5. The van der Waals surface area contributed by atoms with Crippen molar-refractivity contribution in [2.45, 2.75) is 83.8 Å². The summed E-state index contributed by atoms with van der Waals surface area (Å²) >= 11 is 0. The highest BCUT2D eigenvalue weighted by molar-refractivity contribution is 5.76. The van der Waals surface area contributed by atoms with Crippen LogP contribution in [0.2, 0.25) is 0 Å². The molecule has 0 aliphatic carbocycles. The Morgan fingerprint density at radius 2 is 2.00 bits per heavy atom. The van der Waals surface area contributed by atoms with Crippen molar-refractivity contribution in [1.82, 2.24) is 19.9 Å². The van der Waals surface area contributed by atoms with E-state index in [0.29, 0.717) is 24.4 Å². The molecule has 6 nitrogen and oxygen atoms in total. The molecule has 2 fully saturated rings. The van der Waals surface area contributed by atoms with Crippen LogP contribution in [-0.4, -0.2) is 51.0 Å². The Kier molecular flexibility index (Phi) is 5.87. The number of unbranched alkanes of at least 4 members (excludes halogenated alkanes) is 1. The first-order valence-electron chi connectivity index (χ1n) is 9.58. The second-order valence-corrected chi connectivity index (χ2v) is 7.04. The van der Waals surface area contributed by atoms with Crippen molar-refractivity contribution in [3.8, 4) is 0 Å². The lowest BCUT2D eigenvalue weighted by Crippen LogP contribution is -2.48. The van der Waals surface area contributed by atoms with Gasteiger partial charge < -0.3 is 9.42 Å². The summed E-state index contributed by atoms with van der Waals surface area (Å²) in [4.78, 5) is 21.3. The number of carbonyl (C=O) groups excluding carboxylic acids is 1. The van der Waals surface area contributed by atoms with Crippen LogP contribution in [0.5, 0.6) is 0 Å². The molecule has 24 heavy (non-hydrogen) atoms. The summed E-state index contributed by atoms with van der Waals surface area (Å²) in [6.45, 7) is 6.85. The molecule has 0 saturated carbocycles. The number of likely N-dealkylation sites (tertiary alicyclic amines) is 2. The highest BCUT2D eigenvalue weighted by atomic mass is 16.5. The number of aromatic nitrogens is 2. The summed E-state index contributed by atoms with van der Waals surface area (Å²) in [5, 5.41) is 4.16. The van der Waals surface area contributed by atoms with Crippen LogP contribution in [0.1, 0.15) is 70.5 Å². The smallest absolute Gasteiger partial charge is 0.226 e. The van der Waals surface area contributed by atoms with E-state index < -0.39 is 0 Å². The lowest BCUT2D eigenvalue weighted by molar-refractivity contribution is -0.132. The average Bonchev–Trinajstić information content (AvgIpc) is 3.32. The van der Waals surface area contributed by atoms with Gasteiger partial charge in [-0.2, -0.15) is 4.98 Å². The number of aryl methyl sites for hydroxylation is 1. The SMILES string of the molecule is CCCCc1nc(CN2CCC[C@@H]2[C@H]2CCCN2C(=O)CC)no1. The van der Waals surface area contributed by atoms with Gasteiger partial charge in [-0.15, -0.1) is 0 Å². The predicted molar refractivity (Wildman–Crippen MR) is 91.4 cm³/mol. The van der Waals surface area contributed by atoms with Gasteiger partial charge in [-0.3, -0.25) is 9.69 Å². The molecular formula is C18H30N4O2. The summed E-state index contributed by atoms with van der Waals surface area (Å²) in [6, 6.07) is 0.812. The van der Waals surface area contributed by atoms with Gasteiger partial charge in [0.1, 0.15) is 0 Å². The van der Waals surface area contributed by atoms with Crippen LogP contribution in [0.15, 0.2) is 4.52 Å². The molecule has 3 heterocycles. The molecule has 3 rings (SSSR count). The summed E-state index contributed by atoms with van der Waals surface area (Å²) in [6.07, 6.45) is 8.31. The molecule has 2 atom stereocenters. The zero-order chi connectivity index (χ0) is 16.9. The van der Waals surface area contributed by atoms with Crippen molar-refractivity contribution in [3.05, 3.63) is 11.7 Å². The first-order valence-corrected chi connectivity index (χ1v) is 9.58. The summed E-state index contributed by atoms with van der Waals surface area (Å²) < 4.78 is 5.36. The topological polar surface area (TPSA) is 62.5 Å². The van der Waals surface area contributed by atoms with E-state index in [4.69, 9.17) is 4.52 Å². The van der Waals surface area contributed by atoms with E-state index in [9.17, 15) is 4.79 Å². The fourth-order valence-corrected chi connectivity index (χ4v) is 4.15. The Morgan fingerprint density at radius 1 is 1.21 bits per heavy atom. The van der Waals surface area contributed by atoms with E-state index >= 15 is 0 Å². The van der Waals surface area contributed by atoms with Gasteiger partial charge in [0.05, 0.1) is 6.54 Å². The Balaban J connectivity index is 1.63. The standard InChI is InChI=1S/C18H30N4O2/c1-3-5-10-17-19-16(20-24-17)13-21-11-6-8-14(21)15-9-7-12-22(15)18(23)4-2/h14-15H,3-13H2,1-2H3/t14-,15-/m1/s1. The van der Waals surface area contributed by atoms with Gasteiger partial charge in [-0.05, 0) is 38.6 Å². The maximum atomic E-state index is 12.2. The predicted octanol–water partition coefficient (Wildman–Crippen LogP) is 2.78. The highest BCUT2D eigenvalue weighted by Gasteiger charge is 2.39. The Hall–Kier alpha value is -1.43. The van der Waals surface area contributed by atoms with Crippen LogP contribution < -0.4 is 0 Å². The van der Waals surface area contributed by atoms with Crippen LogP contribution in [0.4, 0.5) is 0 Å². The molecule has 1 amide bonds. The van der Waals surface area contributed by atoms with Gasteiger partial charge in [0.15, 0.2) is 5.82 Å². The minimum atomic E-state index is 0.297. The van der Waals surface area contributed by atoms with Crippen molar-refractivity contribution in [1.29, 1.82) is 0 Å². The molecular weight excluding hydrogens is 304 g/mol. The molecule has 1 aromatic rings. The second-order valence-electron chi connectivity index (χ2n) is 7.04. The molecule has 2 aliphatic heterocycles. The van der Waals surface area contributed by atoms with Gasteiger partial charge in [-0.1, -0.05) is 25.4 Å². The maximum Gasteiger partial charge on any atom is 0.226 e. The molecule has 2 saturated heterocycles. The molecule has 0 aromatic carbocycles.